The van der Waals surface area contributed by atoms with Crippen LogP contribution in [0.3, 0.4) is 0 Å². The van der Waals surface area contributed by atoms with Crippen molar-refractivity contribution in [2.75, 3.05) is 13.2 Å². The molecule has 1 aliphatic rings. The first kappa shape index (κ1) is 12.0. The van der Waals surface area contributed by atoms with Crippen LogP contribution in [0.2, 0.25) is 0 Å². The third-order valence-corrected chi connectivity index (χ3v) is 2.90. The van der Waals surface area contributed by atoms with Crippen molar-refractivity contribution in [3.8, 4) is 18.4 Å². The van der Waals surface area contributed by atoms with Crippen LogP contribution < -0.4 is 5.32 Å². The van der Waals surface area contributed by atoms with Gasteiger partial charge in [-0.15, -0.1) is 6.42 Å². The van der Waals surface area contributed by atoms with Gasteiger partial charge in [-0.2, -0.15) is 5.26 Å². The zero-order valence-electron chi connectivity index (χ0n) is 9.42. The Morgan fingerprint density at radius 3 is 2.93 bits per heavy atom. The average Bonchev–Trinajstić information content (AvgIpc) is 2.26. The van der Waals surface area contributed by atoms with Gasteiger partial charge in [-0.1, -0.05) is 19.8 Å². The summed E-state index contributed by atoms with van der Waals surface area (Å²) in [5.41, 5.74) is -0.487. The molecule has 0 radical (unpaired) electrons. The minimum absolute atomic E-state index is 0.156. The molecule has 15 heavy (non-hydrogen) atoms. The molecule has 0 aliphatic carbocycles. The Balaban J connectivity index is 2.65. The molecule has 0 amide bonds. The van der Waals surface area contributed by atoms with Crippen LogP contribution in [0, 0.1) is 29.6 Å². The molecule has 1 aliphatic heterocycles. The summed E-state index contributed by atoms with van der Waals surface area (Å²) in [6.07, 6.45) is 6.80. The fraction of sp³-hybridized carbons (Fsp3) is 0.750. The second-order valence-electron chi connectivity index (χ2n) is 4.36. The molecule has 2 unspecified atom stereocenters. The van der Waals surface area contributed by atoms with Crippen molar-refractivity contribution in [2.45, 2.75) is 38.3 Å². The predicted molar refractivity (Wildman–Crippen MR) is 59.0 cm³/mol. The van der Waals surface area contributed by atoms with Crippen LogP contribution in [0.25, 0.3) is 0 Å². The van der Waals surface area contributed by atoms with Crippen molar-refractivity contribution in [1.29, 1.82) is 5.26 Å². The van der Waals surface area contributed by atoms with Gasteiger partial charge < -0.3 is 4.74 Å². The molecule has 1 rings (SSSR count). The van der Waals surface area contributed by atoms with Crippen LogP contribution in [0.4, 0.5) is 0 Å². The lowest BCUT2D eigenvalue weighted by Crippen LogP contribution is -2.52. The number of ether oxygens (including phenoxy) is 1. The van der Waals surface area contributed by atoms with E-state index in [2.05, 4.69) is 31.2 Å². The van der Waals surface area contributed by atoms with E-state index in [-0.39, 0.29) is 6.10 Å². The molecule has 0 aromatic carbocycles. The molecule has 2 atom stereocenters. The number of terminal acetylenes is 1. The maximum absolute atomic E-state index is 9.23. The van der Waals surface area contributed by atoms with E-state index in [0.29, 0.717) is 25.5 Å². The SMILES string of the molecule is C#CCNC1(C#N)CCOC(C(C)C)C1. The number of rotatable bonds is 3. The normalized spacial score (nSPS) is 30.9. The van der Waals surface area contributed by atoms with Gasteiger partial charge in [-0.05, 0) is 5.92 Å². The van der Waals surface area contributed by atoms with Crippen LogP contribution in [-0.2, 0) is 4.74 Å². The van der Waals surface area contributed by atoms with Gasteiger partial charge in [0, 0.05) is 19.4 Å². The number of nitriles is 1. The molecule has 1 fully saturated rings. The summed E-state index contributed by atoms with van der Waals surface area (Å²) in [6, 6.07) is 2.35. The second kappa shape index (κ2) is 5.16. The highest BCUT2D eigenvalue weighted by atomic mass is 16.5. The van der Waals surface area contributed by atoms with Gasteiger partial charge in [0.25, 0.3) is 0 Å². The molecule has 3 heteroatoms. The molecular formula is C12H18N2O. The number of nitrogens with zero attached hydrogens (tertiary/aromatic N) is 1. The van der Waals surface area contributed by atoms with Crippen LogP contribution >= 0.6 is 0 Å². The van der Waals surface area contributed by atoms with E-state index in [1.807, 2.05) is 0 Å². The van der Waals surface area contributed by atoms with Crippen molar-refractivity contribution < 1.29 is 4.74 Å². The molecule has 3 nitrogen and oxygen atoms in total. The van der Waals surface area contributed by atoms with Crippen molar-refractivity contribution >= 4 is 0 Å². The summed E-state index contributed by atoms with van der Waals surface area (Å²) in [5.74, 6) is 2.95. The summed E-state index contributed by atoms with van der Waals surface area (Å²) in [6.45, 7) is 5.30. The summed E-state index contributed by atoms with van der Waals surface area (Å²) >= 11 is 0. The Morgan fingerprint density at radius 2 is 2.40 bits per heavy atom. The van der Waals surface area contributed by atoms with Crippen LogP contribution in [-0.4, -0.2) is 24.8 Å². The number of hydrogen-bond donors (Lipinski definition) is 1. The van der Waals surface area contributed by atoms with E-state index in [1.54, 1.807) is 0 Å². The Hall–Kier alpha value is -1.03. The van der Waals surface area contributed by atoms with E-state index in [0.717, 1.165) is 6.42 Å². The Morgan fingerprint density at radius 1 is 1.67 bits per heavy atom. The Kier molecular flexibility index (Phi) is 4.15. The molecule has 0 spiro atoms. The third-order valence-electron chi connectivity index (χ3n) is 2.90. The fourth-order valence-corrected chi connectivity index (χ4v) is 1.84. The minimum atomic E-state index is -0.487. The van der Waals surface area contributed by atoms with Gasteiger partial charge in [0.1, 0.15) is 5.54 Å². The Bertz CT molecular complexity index is 287. The number of hydrogen-bond acceptors (Lipinski definition) is 3. The monoisotopic (exact) mass is 206 g/mol. The van der Waals surface area contributed by atoms with E-state index in [4.69, 9.17) is 11.2 Å². The number of nitrogens with one attached hydrogen (secondary N) is 1. The van der Waals surface area contributed by atoms with Gasteiger partial charge in [0.05, 0.1) is 18.7 Å². The highest BCUT2D eigenvalue weighted by Gasteiger charge is 2.37. The quantitative estimate of drug-likeness (QED) is 0.708. The maximum Gasteiger partial charge on any atom is 0.112 e. The lowest BCUT2D eigenvalue weighted by molar-refractivity contribution is -0.0377. The first-order valence-corrected chi connectivity index (χ1v) is 5.35. The third kappa shape index (κ3) is 2.96. The smallest absolute Gasteiger partial charge is 0.112 e. The molecular weight excluding hydrogens is 188 g/mol. The van der Waals surface area contributed by atoms with Crippen molar-refractivity contribution in [1.82, 2.24) is 5.32 Å². The van der Waals surface area contributed by atoms with Crippen molar-refractivity contribution in [2.24, 2.45) is 5.92 Å². The summed E-state index contributed by atoms with van der Waals surface area (Å²) in [5, 5.41) is 12.4. The summed E-state index contributed by atoms with van der Waals surface area (Å²) in [4.78, 5) is 0. The summed E-state index contributed by atoms with van der Waals surface area (Å²) < 4.78 is 5.63. The van der Waals surface area contributed by atoms with Crippen LogP contribution in [0.5, 0.6) is 0 Å². The first-order chi connectivity index (χ1) is 7.13. The van der Waals surface area contributed by atoms with Gasteiger partial charge in [0.2, 0.25) is 0 Å². The molecule has 1 saturated heterocycles. The fourth-order valence-electron chi connectivity index (χ4n) is 1.84. The summed E-state index contributed by atoms with van der Waals surface area (Å²) in [7, 11) is 0. The average molecular weight is 206 g/mol. The van der Waals surface area contributed by atoms with E-state index in [1.165, 1.54) is 0 Å². The van der Waals surface area contributed by atoms with Gasteiger partial charge in [-0.3, -0.25) is 5.32 Å². The zero-order chi connectivity index (χ0) is 11.3. The molecule has 0 saturated carbocycles. The van der Waals surface area contributed by atoms with Crippen molar-refractivity contribution in [3.05, 3.63) is 0 Å². The minimum Gasteiger partial charge on any atom is -0.378 e. The van der Waals surface area contributed by atoms with E-state index in [9.17, 15) is 5.26 Å². The highest BCUT2D eigenvalue weighted by Crippen LogP contribution is 2.27. The lowest BCUT2D eigenvalue weighted by Gasteiger charge is -2.37. The molecule has 0 aromatic heterocycles. The topological polar surface area (TPSA) is 45.0 Å². The van der Waals surface area contributed by atoms with Crippen LogP contribution in [0.15, 0.2) is 0 Å². The molecule has 1 N–H and O–H groups in total. The largest absolute Gasteiger partial charge is 0.378 e. The van der Waals surface area contributed by atoms with Gasteiger partial charge >= 0.3 is 0 Å². The Labute approximate surface area is 91.8 Å². The lowest BCUT2D eigenvalue weighted by atomic mass is 9.84. The molecule has 0 bridgehead atoms. The molecule has 1 heterocycles. The maximum atomic E-state index is 9.23. The highest BCUT2D eigenvalue weighted by molar-refractivity contribution is 5.11. The van der Waals surface area contributed by atoms with E-state index < -0.39 is 5.54 Å². The van der Waals surface area contributed by atoms with E-state index >= 15 is 0 Å². The van der Waals surface area contributed by atoms with Crippen LogP contribution in [0.1, 0.15) is 26.7 Å². The van der Waals surface area contributed by atoms with Gasteiger partial charge in [0.15, 0.2) is 0 Å². The molecule has 82 valence electrons. The van der Waals surface area contributed by atoms with Gasteiger partial charge in [-0.25, -0.2) is 0 Å². The first-order valence-electron chi connectivity index (χ1n) is 5.35. The predicted octanol–water partition coefficient (Wildman–Crippen LogP) is 1.31. The van der Waals surface area contributed by atoms with Crippen molar-refractivity contribution in [3.63, 3.8) is 0 Å². The standard InChI is InChI=1S/C12H18N2O/c1-4-6-14-12(9-13)5-7-15-11(8-12)10(2)3/h1,10-11,14H,5-8H2,2-3H3. The zero-order valence-corrected chi connectivity index (χ0v) is 9.42. The second-order valence-corrected chi connectivity index (χ2v) is 4.36. The molecule has 0 aromatic rings.